The molecule has 7 heteroatoms. The molecule has 6 nitrogen and oxygen atoms in total. The van der Waals surface area contributed by atoms with Gasteiger partial charge in [0.05, 0.1) is 11.3 Å². The molecule has 0 radical (unpaired) electrons. The van der Waals surface area contributed by atoms with Crippen LogP contribution in [0.3, 0.4) is 0 Å². The molecule has 0 aromatic heterocycles. The summed E-state index contributed by atoms with van der Waals surface area (Å²) in [4.78, 5) is 26.5. The van der Waals surface area contributed by atoms with Crippen molar-refractivity contribution in [2.45, 2.75) is 6.29 Å². The van der Waals surface area contributed by atoms with Gasteiger partial charge in [-0.25, -0.2) is 14.0 Å². The Bertz CT molecular complexity index is 979. The monoisotopic (exact) mass is 367 g/mol. The predicted octanol–water partition coefficient (Wildman–Crippen LogP) is 4.50. The lowest BCUT2D eigenvalue weighted by Crippen LogP contribution is -2.15. The van der Waals surface area contributed by atoms with Gasteiger partial charge in [-0.1, -0.05) is 58.7 Å². The molecule has 3 aromatic carbocycles. The lowest BCUT2D eigenvalue weighted by Gasteiger charge is -2.13. The fourth-order valence-electron chi connectivity index (χ4n) is 2.69. The maximum Gasteiger partial charge on any atom is 0.335 e. The van der Waals surface area contributed by atoms with Crippen LogP contribution in [0.15, 0.2) is 72.8 Å². The Morgan fingerprint density at radius 1 is 0.963 bits per heavy atom. The van der Waals surface area contributed by atoms with Gasteiger partial charge in [-0.15, -0.1) is 0 Å². The van der Waals surface area contributed by atoms with Crippen molar-refractivity contribution in [3.63, 3.8) is 0 Å². The van der Waals surface area contributed by atoms with Crippen molar-refractivity contribution in [3.05, 3.63) is 89.7 Å². The van der Waals surface area contributed by atoms with Gasteiger partial charge >= 0.3 is 5.97 Å². The van der Waals surface area contributed by atoms with E-state index in [1.54, 1.807) is 18.2 Å². The van der Waals surface area contributed by atoms with E-state index in [1.165, 1.54) is 24.3 Å². The summed E-state index contributed by atoms with van der Waals surface area (Å²) in [6, 6.07) is 20.0. The minimum Gasteiger partial charge on any atom is -0.478 e. The molecule has 4 rings (SSSR count). The van der Waals surface area contributed by atoms with E-state index in [9.17, 15) is 9.18 Å². The van der Waals surface area contributed by atoms with Crippen LogP contribution in [-0.4, -0.2) is 11.1 Å². The Morgan fingerprint density at radius 3 is 2.52 bits per heavy atom. The third kappa shape index (κ3) is 3.52. The van der Waals surface area contributed by atoms with E-state index in [1.807, 2.05) is 30.3 Å². The van der Waals surface area contributed by atoms with Crippen LogP contribution in [0.4, 0.5) is 10.1 Å². The lowest BCUT2D eigenvalue weighted by atomic mass is 10.0. The smallest absolute Gasteiger partial charge is 0.335 e. The van der Waals surface area contributed by atoms with E-state index in [2.05, 4.69) is 0 Å². The minimum atomic E-state index is -1.12. The number of carboxylic acids is 1. The second kappa shape index (κ2) is 7.16. The van der Waals surface area contributed by atoms with Crippen LogP contribution in [-0.2, 0) is 14.7 Å². The molecule has 0 saturated carbocycles. The number of benzene rings is 3. The van der Waals surface area contributed by atoms with E-state index in [0.717, 1.165) is 16.4 Å². The first-order valence-corrected chi connectivity index (χ1v) is 8.10. The fourth-order valence-corrected chi connectivity index (χ4v) is 2.69. The molecular formula is C20H14FNO5. The van der Waals surface area contributed by atoms with Gasteiger partial charge in [-0.05, 0) is 35.4 Å². The molecule has 136 valence electrons. The number of carbonyl (C=O) groups is 1. The first-order valence-electron chi connectivity index (χ1n) is 8.10. The topological polar surface area (TPSA) is 68.2 Å². The molecule has 1 fully saturated rings. The number of aromatic carboxylic acids is 1. The van der Waals surface area contributed by atoms with Gasteiger partial charge < -0.3 is 5.11 Å². The van der Waals surface area contributed by atoms with Crippen molar-refractivity contribution >= 4 is 11.7 Å². The highest BCUT2D eigenvalue weighted by Gasteiger charge is 2.31. The molecule has 3 aromatic rings. The van der Waals surface area contributed by atoms with E-state index >= 15 is 0 Å². The molecule has 0 bridgehead atoms. The Hall–Kier alpha value is -3.26. The number of halogens is 1. The maximum absolute atomic E-state index is 14.6. The third-order valence-corrected chi connectivity index (χ3v) is 4.06. The van der Waals surface area contributed by atoms with Crippen LogP contribution in [0.2, 0.25) is 0 Å². The number of nitrogens with zero attached hydrogens (tertiary/aromatic N) is 1. The second-order valence-corrected chi connectivity index (χ2v) is 5.82. The molecule has 0 amide bonds. The summed E-state index contributed by atoms with van der Waals surface area (Å²) >= 11 is 0. The first-order chi connectivity index (χ1) is 13.1. The molecule has 1 saturated heterocycles. The van der Waals surface area contributed by atoms with Crippen molar-refractivity contribution < 1.29 is 29.0 Å². The molecular weight excluding hydrogens is 353 g/mol. The van der Waals surface area contributed by atoms with Crippen LogP contribution in [0.5, 0.6) is 0 Å². The average molecular weight is 367 g/mol. The van der Waals surface area contributed by atoms with Gasteiger partial charge in [-0.3, -0.25) is 0 Å². The molecule has 0 aliphatic carbocycles. The first kappa shape index (κ1) is 17.2. The molecule has 1 aliphatic rings. The minimum absolute atomic E-state index is 0.0570. The van der Waals surface area contributed by atoms with Crippen LogP contribution in [0, 0.1) is 5.82 Å². The van der Waals surface area contributed by atoms with E-state index < -0.39 is 18.1 Å². The molecule has 1 unspecified atom stereocenters. The van der Waals surface area contributed by atoms with Gasteiger partial charge in [0, 0.05) is 5.56 Å². The summed E-state index contributed by atoms with van der Waals surface area (Å²) < 4.78 is 14.6. The van der Waals surface area contributed by atoms with E-state index in [4.69, 9.17) is 19.8 Å². The third-order valence-electron chi connectivity index (χ3n) is 4.06. The summed E-state index contributed by atoms with van der Waals surface area (Å²) in [5, 5.41) is 9.96. The summed E-state index contributed by atoms with van der Waals surface area (Å²) in [7, 11) is 0. The largest absolute Gasteiger partial charge is 0.478 e. The van der Waals surface area contributed by atoms with Crippen LogP contribution >= 0.6 is 0 Å². The molecule has 1 heterocycles. The number of carboxylic acid groups (broad SMARTS) is 1. The summed E-state index contributed by atoms with van der Waals surface area (Å²) in [5.41, 5.74) is 2.13. The predicted molar refractivity (Wildman–Crippen MR) is 93.7 cm³/mol. The Labute approximate surface area is 153 Å². The Morgan fingerprint density at radius 2 is 1.78 bits per heavy atom. The van der Waals surface area contributed by atoms with Gasteiger partial charge in [0.15, 0.2) is 0 Å². The quantitative estimate of drug-likeness (QED) is 0.685. The molecule has 1 atom stereocenters. The SMILES string of the molecule is O=C(O)c1cccc(N2OOC(c3ccc(-c4ccccc4)cc3F)O2)c1. The van der Waals surface area contributed by atoms with E-state index in [-0.39, 0.29) is 11.1 Å². The standard InChI is InChI=1S/C20H14FNO5/c21-18-12-14(13-5-2-1-3-6-13)9-10-17(18)20-25-22(27-26-20)16-8-4-7-15(11-16)19(23)24/h1-12,20H,(H,23,24). The van der Waals surface area contributed by atoms with Crippen molar-refractivity contribution in [2.24, 2.45) is 0 Å². The molecule has 27 heavy (non-hydrogen) atoms. The van der Waals surface area contributed by atoms with Crippen LogP contribution in [0.25, 0.3) is 11.1 Å². The zero-order valence-corrected chi connectivity index (χ0v) is 13.9. The molecule has 1 aliphatic heterocycles. The second-order valence-electron chi connectivity index (χ2n) is 5.82. The van der Waals surface area contributed by atoms with Crippen LogP contribution < -0.4 is 5.23 Å². The number of anilines is 1. The summed E-state index contributed by atoms with van der Waals surface area (Å²) in [6.07, 6.45) is -1.12. The van der Waals surface area contributed by atoms with Crippen LogP contribution in [0.1, 0.15) is 22.2 Å². The van der Waals surface area contributed by atoms with Crippen molar-refractivity contribution in [3.8, 4) is 11.1 Å². The highest BCUT2D eigenvalue weighted by molar-refractivity contribution is 5.88. The zero-order chi connectivity index (χ0) is 18.8. The fraction of sp³-hybridized carbons (Fsp3) is 0.0500. The van der Waals surface area contributed by atoms with Gasteiger partial charge in [-0.2, -0.15) is 4.89 Å². The zero-order valence-electron chi connectivity index (χ0n) is 13.9. The molecule has 0 spiro atoms. The Balaban J connectivity index is 1.54. The van der Waals surface area contributed by atoms with Gasteiger partial charge in [0.1, 0.15) is 5.82 Å². The normalized spacial score (nSPS) is 16.5. The summed E-state index contributed by atoms with van der Waals surface area (Å²) in [6.45, 7) is 0. The lowest BCUT2D eigenvalue weighted by molar-refractivity contribution is -0.286. The van der Waals surface area contributed by atoms with Gasteiger partial charge in [0.25, 0.3) is 0 Å². The summed E-state index contributed by atoms with van der Waals surface area (Å²) in [5.74, 6) is -1.60. The van der Waals surface area contributed by atoms with E-state index in [0.29, 0.717) is 5.69 Å². The average Bonchev–Trinajstić information content (AvgIpc) is 3.18. The number of hydrogen-bond donors (Lipinski definition) is 1. The van der Waals surface area contributed by atoms with Crippen molar-refractivity contribution in [1.82, 2.24) is 0 Å². The maximum atomic E-state index is 14.6. The Kier molecular flexibility index (Phi) is 4.55. The highest BCUT2D eigenvalue weighted by atomic mass is 19.1. The van der Waals surface area contributed by atoms with Crippen molar-refractivity contribution in [2.75, 3.05) is 5.23 Å². The number of rotatable bonds is 4. The highest BCUT2D eigenvalue weighted by Crippen LogP contribution is 2.34. The number of hydrogen-bond acceptors (Lipinski definition) is 5. The van der Waals surface area contributed by atoms with Crippen molar-refractivity contribution in [1.29, 1.82) is 0 Å². The van der Waals surface area contributed by atoms with Gasteiger partial charge in [0.2, 0.25) is 6.29 Å². The molecule has 1 N–H and O–H groups in total.